The van der Waals surface area contributed by atoms with E-state index in [0.29, 0.717) is 58.2 Å². The van der Waals surface area contributed by atoms with Crippen LogP contribution in [0, 0.1) is 18.8 Å². The Morgan fingerprint density at radius 2 is 1.83 bits per heavy atom. The van der Waals surface area contributed by atoms with E-state index in [9.17, 15) is 14.7 Å². The predicted octanol–water partition coefficient (Wildman–Crippen LogP) is 5.81. The molecule has 0 radical (unpaired) electrons. The monoisotopic (exact) mass is 582 g/mol. The van der Waals surface area contributed by atoms with Crippen LogP contribution in [0.15, 0.2) is 65.6 Å². The molecule has 1 N–H and O–H groups in total. The van der Waals surface area contributed by atoms with E-state index in [1.807, 2.05) is 80.5 Å². The molecule has 1 saturated carbocycles. The number of carbonyl (C=O) groups is 1. The zero-order valence-electron chi connectivity index (χ0n) is 24.0. The summed E-state index contributed by atoms with van der Waals surface area (Å²) in [7, 11) is 3.82. The molecule has 1 aliphatic carbocycles. The molecule has 216 valence electrons. The van der Waals surface area contributed by atoms with Crippen LogP contribution in [0.1, 0.15) is 37.7 Å². The van der Waals surface area contributed by atoms with E-state index in [2.05, 4.69) is 9.97 Å². The summed E-state index contributed by atoms with van der Waals surface area (Å²) in [4.78, 5) is 37.5. The van der Waals surface area contributed by atoms with Crippen LogP contribution in [0.25, 0.3) is 32.7 Å². The number of likely N-dealkylation sites (N-methyl/N-ethyl adjacent to an activating group) is 1. The molecule has 2 aromatic carbocycles. The molecule has 6 rings (SSSR count). The summed E-state index contributed by atoms with van der Waals surface area (Å²) >= 11 is 1.37. The number of aromatic nitrogens is 3. The van der Waals surface area contributed by atoms with Gasteiger partial charge in [-0.1, -0.05) is 18.2 Å². The molecule has 9 heteroatoms. The van der Waals surface area contributed by atoms with E-state index in [1.165, 1.54) is 11.3 Å². The lowest BCUT2D eigenvalue weighted by Gasteiger charge is -2.14. The van der Waals surface area contributed by atoms with E-state index >= 15 is 0 Å². The average molecular weight is 583 g/mol. The number of aryl methyl sites for hydroxylation is 1. The molecule has 1 fully saturated rings. The molecule has 0 aliphatic heterocycles. The Bertz CT molecular complexity index is 1880. The molecular formula is C33H34N4O4S. The maximum Gasteiger partial charge on any atom is 0.353 e. The second-order valence-corrected chi connectivity index (χ2v) is 12.6. The minimum Gasteiger partial charge on any atom is -0.511 e. The van der Waals surface area contributed by atoms with Crippen LogP contribution in [-0.2, 0) is 4.79 Å². The first-order chi connectivity index (χ1) is 20.3. The fourth-order valence-electron chi connectivity index (χ4n) is 6.18. The number of benzene rings is 2. The quantitative estimate of drug-likeness (QED) is 0.234. The first-order valence-corrected chi connectivity index (χ1v) is 15.1. The Labute approximate surface area is 247 Å². The highest BCUT2D eigenvalue weighted by molar-refractivity contribution is 7.17. The van der Waals surface area contributed by atoms with Gasteiger partial charge in [-0.15, -0.1) is 11.3 Å². The summed E-state index contributed by atoms with van der Waals surface area (Å²) in [5.74, 6) is 2.58. The van der Waals surface area contributed by atoms with E-state index in [1.54, 1.807) is 10.8 Å². The third-order valence-electron chi connectivity index (χ3n) is 7.98. The highest BCUT2D eigenvalue weighted by Crippen LogP contribution is 2.37. The molecule has 5 aromatic rings. The molecule has 3 heterocycles. The van der Waals surface area contributed by atoms with Gasteiger partial charge in [0.25, 0.3) is 0 Å². The summed E-state index contributed by atoms with van der Waals surface area (Å²) in [5.41, 5.74) is 2.36. The van der Waals surface area contributed by atoms with Gasteiger partial charge in [-0.2, -0.15) is 4.98 Å². The minimum absolute atomic E-state index is 0.243. The lowest BCUT2D eigenvalue weighted by Crippen LogP contribution is -2.24. The lowest BCUT2D eigenvalue weighted by atomic mass is 9.97. The number of hydrogen-bond donors (Lipinski definition) is 1. The van der Waals surface area contributed by atoms with Gasteiger partial charge in [-0.3, -0.25) is 9.36 Å². The van der Waals surface area contributed by atoms with Crippen LogP contribution in [0.3, 0.4) is 0 Å². The first kappa shape index (κ1) is 28.1. The van der Waals surface area contributed by atoms with Crippen molar-refractivity contribution in [1.82, 2.24) is 19.4 Å². The van der Waals surface area contributed by atoms with Gasteiger partial charge in [-0.05, 0) is 94.1 Å². The summed E-state index contributed by atoms with van der Waals surface area (Å²) < 4.78 is 8.20. The van der Waals surface area contributed by atoms with Crippen molar-refractivity contribution < 1.29 is 14.6 Å². The van der Waals surface area contributed by atoms with Gasteiger partial charge in [0.15, 0.2) is 0 Å². The summed E-state index contributed by atoms with van der Waals surface area (Å²) in [6.45, 7) is 2.41. The number of Topliss-reactive ketones (excluding diaryl/α,β-unsaturated/α-hetero) is 1. The standard InChI is InChI=1S/C33H34N4O4S/c1-20-15-25(41-24-7-5-4-6-8-24)11-12-26(20)37-27-13-14-34-32-29(27)30(35-33(37)40)31(42-32)28(39)18-22-10-9-21(16-22)17-23(38)19-36(2)3/h4-8,11-15,21-22,39H,9-10,16-19H2,1-3H3/t21-,22-/m0/s1. The lowest BCUT2D eigenvalue weighted by molar-refractivity contribution is -0.120. The normalized spacial score (nSPS) is 17.8. The van der Waals surface area contributed by atoms with Crippen molar-refractivity contribution in [2.24, 2.45) is 11.8 Å². The van der Waals surface area contributed by atoms with Gasteiger partial charge >= 0.3 is 5.69 Å². The minimum atomic E-state index is -0.414. The average Bonchev–Trinajstić information content (AvgIpc) is 3.54. The van der Waals surface area contributed by atoms with Crippen molar-refractivity contribution in [3.05, 3.63) is 81.4 Å². The molecule has 0 bridgehead atoms. The molecule has 0 amide bonds. The number of ether oxygens (including phenoxy) is 1. The van der Waals surface area contributed by atoms with Crippen LogP contribution in [0.4, 0.5) is 0 Å². The van der Waals surface area contributed by atoms with Crippen LogP contribution < -0.4 is 15.0 Å². The first-order valence-electron chi connectivity index (χ1n) is 14.3. The van der Waals surface area contributed by atoms with E-state index < -0.39 is 5.69 Å². The number of carbonyl (C=O) groups excluding carboxylic acids is 1. The van der Waals surface area contributed by atoms with Gasteiger partial charge in [0.1, 0.15) is 33.4 Å². The Morgan fingerprint density at radius 3 is 2.57 bits per heavy atom. The number of thiophene rings is 1. The molecule has 0 saturated heterocycles. The molecule has 3 aromatic heterocycles. The maximum atomic E-state index is 13.6. The fraction of sp³-hybridized carbons (Fsp3) is 0.333. The molecule has 42 heavy (non-hydrogen) atoms. The van der Waals surface area contributed by atoms with Gasteiger partial charge < -0.3 is 14.7 Å². The Balaban J connectivity index is 1.31. The van der Waals surface area contributed by atoms with Crippen molar-refractivity contribution in [2.45, 2.75) is 39.0 Å². The fourth-order valence-corrected chi connectivity index (χ4v) is 7.24. The SMILES string of the molecule is Cc1cc(Oc2ccccc2)ccc1-n1c(=O)nc2c(=C(O)C[C@H]3CC[C@H](CC(=O)CN(C)C)C3)sc3nccc1c32. The van der Waals surface area contributed by atoms with Crippen LogP contribution in [0.5, 0.6) is 11.5 Å². The molecule has 8 nitrogen and oxygen atoms in total. The van der Waals surface area contributed by atoms with E-state index in [0.717, 1.165) is 40.8 Å². The van der Waals surface area contributed by atoms with Crippen molar-refractivity contribution in [3.8, 4) is 17.2 Å². The molecular weight excluding hydrogens is 548 g/mol. The summed E-state index contributed by atoms with van der Waals surface area (Å²) in [6, 6.07) is 17.0. The Kier molecular flexibility index (Phi) is 7.79. The van der Waals surface area contributed by atoms with Crippen molar-refractivity contribution in [1.29, 1.82) is 0 Å². The molecule has 1 aliphatic rings. The number of aliphatic hydroxyl groups is 1. The van der Waals surface area contributed by atoms with Crippen molar-refractivity contribution in [2.75, 3.05) is 20.6 Å². The van der Waals surface area contributed by atoms with Crippen molar-refractivity contribution in [3.63, 3.8) is 0 Å². The summed E-state index contributed by atoms with van der Waals surface area (Å²) in [5, 5.41) is 12.1. The smallest absolute Gasteiger partial charge is 0.353 e. The second-order valence-electron chi connectivity index (χ2n) is 11.6. The number of rotatable bonds is 9. The molecule has 0 spiro atoms. The van der Waals surface area contributed by atoms with Gasteiger partial charge in [-0.25, -0.2) is 9.78 Å². The third kappa shape index (κ3) is 5.67. The van der Waals surface area contributed by atoms with Gasteiger partial charge in [0.05, 0.1) is 27.7 Å². The predicted molar refractivity (Wildman–Crippen MR) is 167 cm³/mol. The third-order valence-corrected chi connectivity index (χ3v) is 9.11. The number of nitrogens with zero attached hydrogens (tertiary/aromatic N) is 4. The number of para-hydroxylation sites is 1. The zero-order chi connectivity index (χ0) is 29.4. The zero-order valence-corrected chi connectivity index (χ0v) is 24.9. The number of pyridine rings is 1. The number of ketones is 1. The largest absolute Gasteiger partial charge is 0.511 e. The van der Waals surface area contributed by atoms with Crippen LogP contribution in [-0.4, -0.2) is 51.0 Å². The molecule has 0 unspecified atom stereocenters. The van der Waals surface area contributed by atoms with Crippen molar-refractivity contribution >= 4 is 44.1 Å². The van der Waals surface area contributed by atoms with Gasteiger partial charge in [0.2, 0.25) is 0 Å². The van der Waals surface area contributed by atoms with Gasteiger partial charge in [0, 0.05) is 19.0 Å². The number of hydrogen-bond acceptors (Lipinski definition) is 8. The number of aliphatic hydroxyl groups excluding tert-OH is 1. The maximum absolute atomic E-state index is 13.6. The van der Waals surface area contributed by atoms with E-state index in [-0.39, 0.29) is 11.5 Å². The second kappa shape index (κ2) is 11.7. The Morgan fingerprint density at radius 1 is 1.07 bits per heavy atom. The van der Waals surface area contributed by atoms with E-state index in [4.69, 9.17) is 4.74 Å². The topological polar surface area (TPSA) is 97.6 Å². The van der Waals surface area contributed by atoms with Crippen LogP contribution >= 0.6 is 11.3 Å². The molecule has 2 atom stereocenters. The Hall–Kier alpha value is -4.08. The summed E-state index contributed by atoms with van der Waals surface area (Å²) in [6.07, 6.45) is 5.67. The highest BCUT2D eigenvalue weighted by Gasteiger charge is 2.28. The van der Waals surface area contributed by atoms with Crippen LogP contribution in [0.2, 0.25) is 0 Å². The highest BCUT2D eigenvalue weighted by atomic mass is 32.1.